The first-order chi connectivity index (χ1) is 7.09. The van der Waals surface area contributed by atoms with E-state index in [0.717, 1.165) is 16.9 Å². The summed E-state index contributed by atoms with van der Waals surface area (Å²) >= 11 is 1.55. The van der Waals surface area contributed by atoms with Gasteiger partial charge in [-0.3, -0.25) is 0 Å². The van der Waals surface area contributed by atoms with Gasteiger partial charge in [0, 0.05) is 5.69 Å². The molecular formula is C12H16N2S. The highest BCUT2D eigenvalue weighted by Gasteiger charge is 2.12. The minimum atomic E-state index is 0.452. The van der Waals surface area contributed by atoms with E-state index in [0.29, 0.717) is 11.8 Å². The minimum absolute atomic E-state index is 0.452. The van der Waals surface area contributed by atoms with Crippen molar-refractivity contribution in [1.82, 2.24) is 9.36 Å². The summed E-state index contributed by atoms with van der Waals surface area (Å²) in [5, 5.41) is 0. The number of hydrogen-bond donors (Lipinski definition) is 0. The Morgan fingerprint density at radius 1 is 1.07 bits per heavy atom. The summed E-state index contributed by atoms with van der Waals surface area (Å²) in [6.45, 7) is 8.67. The monoisotopic (exact) mass is 220 g/mol. The summed E-state index contributed by atoms with van der Waals surface area (Å²) in [7, 11) is 0. The fourth-order valence-corrected chi connectivity index (χ4v) is 2.42. The zero-order valence-corrected chi connectivity index (χ0v) is 10.4. The Labute approximate surface area is 94.5 Å². The molecule has 2 heterocycles. The van der Waals surface area contributed by atoms with Crippen LogP contribution < -0.4 is 0 Å². The van der Waals surface area contributed by atoms with Crippen LogP contribution in [-0.4, -0.2) is 9.36 Å². The lowest BCUT2D eigenvalue weighted by atomic mass is 10.1. The van der Waals surface area contributed by atoms with Gasteiger partial charge in [0.15, 0.2) is 0 Å². The van der Waals surface area contributed by atoms with Gasteiger partial charge in [0.05, 0.1) is 10.4 Å². The molecule has 0 saturated heterocycles. The Hall–Kier alpha value is -0.960. The lowest BCUT2D eigenvalue weighted by Gasteiger charge is -2.05. The lowest BCUT2D eigenvalue weighted by molar-refractivity contribution is 0.818. The third-order valence-corrected chi connectivity index (χ3v) is 3.32. The van der Waals surface area contributed by atoms with E-state index in [2.05, 4.69) is 44.2 Å². The second kappa shape index (κ2) is 3.89. The maximum atomic E-state index is 4.70. The molecule has 0 aliphatic rings. The molecule has 2 nitrogen and oxygen atoms in total. The van der Waals surface area contributed by atoms with Crippen LogP contribution in [0.2, 0.25) is 0 Å². The summed E-state index contributed by atoms with van der Waals surface area (Å²) in [6, 6.07) is 4.25. The van der Waals surface area contributed by atoms with Gasteiger partial charge in [-0.05, 0) is 35.5 Å². The van der Waals surface area contributed by atoms with Gasteiger partial charge in [-0.25, -0.2) is 4.98 Å². The zero-order valence-electron chi connectivity index (χ0n) is 9.61. The van der Waals surface area contributed by atoms with Crippen LogP contribution >= 0.6 is 11.5 Å². The molecule has 0 unspecified atom stereocenters. The molecule has 3 heteroatoms. The summed E-state index contributed by atoms with van der Waals surface area (Å²) in [5.41, 5.74) is 3.39. The van der Waals surface area contributed by atoms with Gasteiger partial charge in [0.25, 0.3) is 0 Å². The molecule has 0 bridgehead atoms. The molecule has 0 fully saturated rings. The van der Waals surface area contributed by atoms with Crippen LogP contribution in [0.3, 0.4) is 0 Å². The molecule has 0 aromatic carbocycles. The van der Waals surface area contributed by atoms with Crippen LogP contribution in [0.4, 0.5) is 0 Å². The van der Waals surface area contributed by atoms with Crippen molar-refractivity contribution in [1.29, 1.82) is 0 Å². The smallest absolute Gasteiger partial charge is 0.105 e. The van der Waals surface area contributed by atoms with Crippen molar-refractivity contribution >= 4 is 21.7 Å². The van der Waals surface area contributed by atoms with Crippen molar-refractivity contribution in [2.75, 3.05) is 0 Å². The third-order valence-electron chi connectivity index (χ3n) is 2.50. The number of nitrogens with zero attached hydrogens (tertiary/aromatic N) is 2. The molecule has 2 rings (SSSR count). The maximum Gasteiger partial charge on any atom is 0.105 e. The van der Waals surface area contributed by atoms with Gasteiger partial charge in [-0.1, -0.05) is 27.7 Å². The van der Waals surface area contributed by atoms with Crippen LogP contribution in [0.1, 0.15) is 50.9 Å². The number of fused-ring (bicyclic) bond motifs is 1. The van der Waals surface area contributed by atoms with Crippen molar-refractivity contribution < 1.29 is 0 Å². The van der Waals surface area contributed by atoms with Gasteiger partial charge in [0.2, 0.25) is 0 Å². The van der Waals surface area contributed by atoms with E-state index < -0.39 is 0 Å². The molecular weight excluding hydrogens is 204 g/mol. The largest absolute Gasteiger partial charge is 0.250 e. The van der Waals surface area contributed by atoms with Gasteiger partial charge >= 0.3 is 0 Å². The van der Waals surface area contributed by atoms with Crippen LogP contribution in [0, 0.1) is 0 Å². The summed E-state index contributed by atoms with van der Waals surface area (Å²) in [5.74, 6) is 0.933. The third kappa shape index (κ3) is 1.88. The molecule has 0 aliphatic carbocycles. The Bertz CT molecular complexity index is 471. The second-order valence-corrected chi connectivity index (χ2v) is 5.27. The zero-order chi connectivity index (χ0) is 11.0. The molecule has 0 N–H and O–H groups in total. The van der Waals surface area contributed by atoms with Crippen molar-refractivity contribution in [3.8, 4) is 0 Å². The van der Waals surface area contributed by atoms with Crippen molar-refractivity contribution in [2.45, 2.75) is 39.5 Å². The summed E-state index contributed by atoms with van der Waals surface area (Å²) < 4.78 is 5.67. The minimum Gasteiger partial charge on any atom is -0.250 e. The van der Waals surface area contributed by atoms with Gasteiger partial charge in [-0.15, -0.1) is 0 Å². The highest BCUT2D eigenvalue weighted by Crippen LogP contribution is 2.27. The quantitative estimate of drug-likeness (QED) is 0.766. The molecule has 0 spiro atoms. The van der Waals surface area contributed by atoms with E-state index in [1.165, 1.54) is 4.70 Å². The highest BCUT2D eigenvalue weighted by atomic mass is 32.1. The predicted molar refractivity (Wildman–Crippen MR) is 65.6 cm³/mol. The number of pyridine rings is 1. The van der Waals surface area contributed by atoms with E-state index in [9.17, 15) is 0 Å². The number of aromatic nitrogens is 2. The Morgan fingerprint density at radius 2 is 1.80 bits per heavy atom. The molecule has 80 valence electrons. The van der Waals surface area contributed by atoms with Crippen LogP contribution in [0.5, 0.6) is 0 Å². The normalized spacial score (nSPS) is 11.9. The SMILES string of the molecule is CC(C)c1ccc2snc(C(C)C)c2n1. The van der Waals surface area contributed by atoms with E-state index in [1.54, 1.807) is 11.5 Å². The molecule has 0 saturated carbocycles. The average molecular weight is 220 g/mol. The average Bonchev–Trinajstić information content (AvgIpc) is 2.59. The van der Waals surface area contributed by atoms with Crippen LogP contribution in [-0.2, 0) is 0 Å². The highest BCUT2D eigenvalue weighted by molar-refractivity contribution is 7.13. The second-order valence-electron chi connectivity index (χ2n) is 4.46. The van der Waals surface area contributed by atoms with Gasteiger partial charge in [0.1, 0.15) is 5.52 Å². The van der Waals surface area contributed by atoms with Crippen LogP contribution in [0.25, 0.3) is 10.2 Å². The summed E-state index contributed by atoms with van der Waals surface area (Å²) in [6.07, 6.45) is 0. The van der Waals surface area contributed by atoms with Crippen molar-refractivity contribution in [2.24, 2.45) is 0 Å². The first-order valence-corrected chi connectivity index (χ1v) is 6.13. The molecule has 0 radical (unpaired) electrons. The Morgan fingerprint density at radius 3 is 2.40 bits per heavy atom. The standard InChI is InChI=1S/C12H16N2S/c1-7(2)9-5-6-10-12(13-9)11(8(3)4)14-15-10/h5-8H,1-4H3. The van der Waals surface area contributed by atoms with Crippen LogP contribution in [0.15, 0.2) is 12.1 Å². The number of hydrogen-bond acceptors (Lipinski definition) is 3. The summed E-state index contributed by atoms with van der Waals surface area (Å²) in [4.78, 5) is 4.70. The molecule has 0 amide bonds. The van der Waals surface area contributed by atoms with Crippen molar-refractivity contribution in [3.63, 3.8) is 0 Å². The molecule has 15 heavy (non-hydrogen) atoms. The number of rotatable bonds is 2. The molecule has 2 aromatic rings. The van der Waals surface area contributed by atoms with E-state index >= 15 is 0 Å². The topological polar surface area (TPSA) is 25.8 Å². The lowest BCUT2D eigenvalue weighted by Crippen LogP contribution is -1.94. The molecule has 0 aliphatic heterocycles. The van der Waals surface area contributed by atoms with E-state index in [-0.39, 0.29) is 0 Å². The predicted octanol–water partition coefficient (Wildman–Crippen LogP) is 3.94. The molecule has 2 aromatic heterocycles. The first kappa shape index (κ1) is 10.6. The maximum absolute atomic E-state index is 4.70. The fraction of sp³-hybridized carbons (Fsp3) is 0.500. The first-order valence-electron chi connectivity index (χ1n) is 5.35. The fourth-order valence-electron chi connectivity index (χ4n) is 1.56. The van der Waals surface area contributed by atoms with Crippen molar-refractivity contribution in [3.05, 3.63) is 23.5 Å². The molecule has 0 atom stereocenters. The Kier molecular flexibility index (Phi) is 2.74. The van der Waals surface area contributed by atoms with Gasteiger partial charge < -0.3 is 0 Å². The van der Waals surface area contributed by atoms with E-state index in [4.69, 9.17) is 4.98 Å². The van der Waals surface area contributed by atoms with E-state index in [1.807, 2.05) is 0 Å². The Balaban J connectivity index is 2.61. The van der Waals surface area contributed by atoms with Gasteiger partial charge in [-0.2, -0.15) is 4.37 Å².